The molecule has 0 aliphatic carbocycles. The van der Waals surface area contributed by atoms with Gasteiger partial charge in [-0.25, -0.2) is 0 Å². The van der Waals surface area contributed by atoms with Crippen molar-refractivity contribution in [3.8, 4) is 22.8 Å². The number of nitrogens with zero attached hydrogens (tertiary/aromatic N) is 4. The fourth-order valence-corrected chi connectivity index (χ4v) is 4.59. The molecule has 3 aromatic carbocycles. The Morgan fingerprint density at radius 3 is 2.58 bits per heavy atom. The van der Waals surface area contributed by atoms with E-state index in [1.54, 1.807) is 31.0 Å². The number of thioether (sulfide) groups is 1. The van der Waals surface area contributed by atoms with Crippen molar-refractivity contribution in [2.45, 2.75) is 10.9 Å². The normalized spacial score (nSPS) is 11.1. The molecule has 5 rings (SSSR count). The maximum atomic E-state index is 11.1. The Morgan fingerprint density at radius 1 is 1.06 bits per heavy atom. The van der Waals surface area contributed by atoms with Crippen molar-refractivity contribution in [3.63, 3.8) is 0 Å². The molecule has 0 aliphatic rings. The lowest BCUT2D eigenvalue weighted by molar-refractivity contribution is -0.384. The summed E-state index contributed by atoms with van der Waals surface area (Å²) in [7, 11) is 1.64. The first-order valence-electron chi connectivity index (χ1n) is 10.2. The zero-order chi connectivity index (χ0) is 22.8. The van der Waals surface area contributed by atoms with Crippen molar-refractivity contribution >= 4 is 28.4 Å². The van der Waals surface area contributed by atoms with Crippen LogP contribution in [0.25, 0.3) is 28.0 Å². The van der Waals surface area contributed by atoms with Gasteiger partial charge in [0.2, 0.25) is 0 Å². The maximum Gasteiger partial charge on any atom is 0.271 e. The number of nitro groups is 1. The molecule has 0 spiro atoms. The molecule has 0 bridgehead atoms. The molecule has 0 aliphatic heterocycles. The first kappa shape index (κ1) is 20.8. The lowest BCUT2D eigenvalue weighted by Gasteiger charge is -2.10. The maximum absolute atomic E-state index is 11.1. The SMILES string of the molecule is COc1ccc(-c2nnc(SCc3c[nH]c4cc([N+](=O)[O-])ccc34)n2-c2ccccc2)cc1. The van der Waals surface area contributed by atoms with E-state index in [1.165, 1.54) is 6.07 Å². The minimum atomic E-state index is -0.391. The zero-order valence-corrected chi connectivity index (χ0v) is 18.5. The van der Waals surface area contributed by atoms with E-state index in [0.29, 0.717) is 5.75 Å². The number of rotatable bonds is 7. The van der Waals surface area contributed by atoms with Crippen LogP contribution in [0, 0.1) is 10.1 Å². The number of nitrogens with one attached hydrogen (secondary N) is 1. The van der Waals surface area contributed by atoms with Crippen LogP contribution in [0.5, 0.6) is 5.75 Å². The molecule has 0 saturated heterocycles. The predicted molar refractivity (Wildman–Crippen MR) is 128 cm³/mol. The van der Waals surface area contributed by atoms with Crippen LogP contribution in [-0.4, -0.2) is 31.8 Å². The van der Waals surface area contributed by atoms with E-state index in [-0.39, 0.29) is 5.69 Å². The summed E-state index contributed by atoms with van der Waals surface area (Å²) < 4.78 is 7.31. The molecule has 33 heavy (non-hydrogen) atoms. The third-order valence-corrected chi connectivity index (χ3v) is 6.29. The van der Waals surface area contributed by atoms with Gasteiger partial charge in [-0.15, -0.1) is 10.2 Å². The summed E-state index contributed by atoms with van der Waals surface area (Å²) in [5, 5.41) is 21.7. The molecular formula is C24H19N5O3S. The second-order valence-corrected chi connectivity index (χ2v) is 8.24. The van der Waals surface area contributed by atoms with Crippen LogP contribution in [0.15, 0.2) is 84.1 Å². The summed E-state index contributed by atoms with van der Waals surface area (Å²) >= 11 is 1.56. The molecule has 2 heterocycles. The van der Waals surface area contributed by atoms with Crippen molar-refractivity contribution in [2.24, 2.45) is 0 Å². The molecule has 8 nitrogen and oxygen atoms in total. The van der Waals surface area contributed by atoms with E-state index in [4.69, 9.17) is 4.74 Å². The second-order valence-electron chi connectivity index (χ2n) is 7.30. The van der Waals surface area contributed by atoms with Crippen LogP contribution in [0.1, 0.15) is 5.56 Å². The summed E-state index contributed by atoms with van der Waals surface area (Å²) in [5.41, 5.74) is 3.74. The van der Waals surface area contributed by atoms with Gasteiger partial charge in [-0.1, -0.05) is 30.0 Å². The summed E-state index contributed by atoms with van der Waals surface area (Å²) in [6, 6.07) is 22.6. The quantitative estimate of drug-likeness (QED) is 0.193. The number of H-pyrrole nitrogens is 1. The highest BCUT2D eigenvalue weighted by Gasteiger charge is 2.17. The molecular weight excluding hydrogens is 438 g/mol. The highest BCUT2D eigenvalue weighted by atomic mass is 32.2. The van der Waals surface area contributed by atoms with E-state index < -0.39 is 4.92 Å². The average molecular weight is 458 g/mol. The van der Waals surface area contributed by atoms with Crippen molar-refractivity contribution in [1.29, 1.82) is 0 Å². The molecule has 2 aromatic heterocycles. The summed E-state index contributed by atoms with van der Waals surface area (Å²) in [6.45, 7) is 0. The van der Waals surface area contributed by atoms with Crippen LogP contribution in [0.4, 0.5) is 5.69 Å². The third-order valence-electron chi connectivity index (χ3n) is 5.31. The average Bonchev–Trinajstić information content (AvgIpc) is 3.47. The van der Waals surface area contributed by atoms with E-state index in [9.17, 15) is 10.1 Å². The smallest absolute Gasteiger partial charge is 0.271 e. The first-order chi connectivity index (χ1) is 16.1. The number of aromatic amines is 1. The summed E-state index contributed by atoms with van der Waals surface area (Å²) in [5.74, 6) is 2.14. The van der Waals surface area contributed by atoms with Crippen molar-refractivity contribution in [1.82, 2.24) is 19.7 Å². The highest BCUT2D eigenvalue weighted by molar-refractivity contribution is 7.98. The predicted octanol–water partition coefficient (Wildman–Crippen LogP) is 5.62. The van der Waals surface area contributed by atoms with Gasteiger partial charge in [0.15, 0.2) is 11.0 Å². The molecule has 0 saturated carbocycles. The van der Waals surface area contributed by atoms with Crippen LogP contribution in [0.2, 0.25) is 0 Å². The lowest BCUT2D eigenvalue weighted by atomic mass is 10.2. The zero-order valence-electron chi connectivity index (χ0n) is 17.6. The van der Waals surface area contributed by atoms with E-state index in [0.717, 1.165) is 44.4 Å². The molecule has 5 aromatic rings. The fraction of sp³-hybridized carbons (Fsp3) is 0.0833. The minimum Gasteiger partial charge on any atom is -0.497 e. The highest BCUT2D eigenvalue weighted by Crippen LogP contribution is 2.32. The van der Waals surface area contributed by atoms with Crippen LogP contribution in [0.3, 0.4) is 0 Å². The minimum absolute atomic E-state index is 0.0662. The second kappa shape index (κ2) is 8.79. The summed E-state index contributed by atoms with van der Waals surface area (Å²) in [4.78, 5) is 13.8. The number of nitro benzene ring substituents is 1. The standard InChI is InChI=1S/C24H19N5O3S/c1-32-20-10-7-16(8-11-20)23-26-27-24(28(23)18-5-3-2-4-6-18)33-15-17-14-25-22-13-19(29(30)31)9-12-21(17)22/h2-14,25H,15H2,1H3. The van der Waals surface area contributed by atoms with Gasteiger partial charge >= 0.3 is 0 Å². The molecule has 0 fully saturated rings. The van der Waals surface area contributed by atoms with Crippen LogP contribution in [-0.2, 0) is 5.75 Å². The number of benzene rings is 3. The fourth-order valence-electron chi connectivity index (χ4n) is 3.65. The van der Waals surface area contributed by atoms with Gasteiger partial charge in [0.1, 0.15) is 5.75 Å². The third kappa shape index (κ3) is 4.06. The Balaban J connectivity index is 1.49. The molecule has 164 valence electrons. The Morgan fingerprint density at radius 2 is 1.85 bits per heavy atom. The van der Waals surface area contributed by atoms with E-state index in [1.807, 2.05) is 65.4 Å². The monoisotopic (exact) mass is 457 g/mol. The number of hydrogen-bond donors (Lipinski definition) is 1. The number of ether oxygens (including phenoxy) is 1. The Kier molecular flexibility index (Phi) is 5.54. The Labute approximate surface area is 193 Å². The van der Waals surface area contributed by atoms with Crippen molar-refractivity contribution in [2.75, 3.05) is 7.11 Å². The number of methoxy groups -OCH3 is 1. The van der Waals surface area contributed by atoms with Crippen molar-refractivity contribution in [3.05, 3.63) is 94.7 Å². The largest absolute Gasteiger partial charge is 0.497 e. The van der Waals surface area contributed by atoms with Gasteiger partial charge in [0.25, 0.3) is 5.69 Å². The van der Waals surface area contributed by atoms with Crippen LogP contribution >= 0.6 is 11.8 Å². The number of hydrogen-bond acceptors (Lipinski definition) is 6. The van der Waals surface area contributed by atoms with E-state index >= 15 is 0 Å². The lowest BCUT2D eigenvalue weighted by Crippen LogP contribution is -1.99. The van der Waals surface area contributed by atoms with E-state index in [2.05, 4.69) is 15.2 Å². The van der Waals surface area contributed by atoms with Gasteiger partial charge < -0.3 is 9.72 Å². The van der Waals surface area contributed by atoms with Gasteiger partial charge in [-0.3, -0.25) is 14.7 Å². The molecule has 0 amide bonds. The molecule has 0 radical (unpaired) electrons. The number of aromatic nitrogens is 4. The number of non-ortho nitro benzene ring substituents is 1. The molecule has 1 N–H and O–H groups in total. The molecule has 0 atom stereocenters. The van der Waals surface area contributed by atoms with Gasteiger partial charge in [0, 0.05) is 40.7 Å². The first-order valence-corrected chi connectivity index (χ1v) is 11.1. The summed E-state index contributed by atoms with van der Waals surface area (Å²) in [6.07, 6.45) is 1.88. The van der Waals surface area contributed by atoms with Gasteiger partial charge in [0.05, 0.1) is 17.5 Å². The molecule has 9 heteroatoms. The Bertz CT molecular complexity index is 1430. The number of fused-ring (bicyclic) bond motifs is 1. The van der Waals surface area contributed by atoms with Crippen LogP contribution < -0.4 is 4.74 Å². The van der Waals surface area contributed by atoms with Gasteiger partial charge in [-0.2, -0.15) is 0 Å². The van der Waals surface area contributed by atoms with Crippen molar-refractivity contribution < 1.29 is 9.66 Å². The van der Waals surface area contributed by atoms with Gasteiger partial charge in [-0.05, 0) is 48.0 Å². The topological polar surface area (TPSA) is 98.9 Å². The Hall–Kier alpha value is -4.11. The number of para-hydroxylation sites is 1. The molecule has 0 unspecified atom stereocenters.